The van der Waals surface area contributed by atoms with E-state index in [1.807, 2.05) is 14.1 Å². The van der Waals surface area contributed by atoms with E-state index in [0.717, 1.165) is 25.9 Å². The van der Waals surface area contributed by atoms with Crippen LogP contribution in [0.2, 0.25) is 0 Å². The monoisotopic (exact) mass is 400 g/mol. The molecule has 2 bridgehead atoms. The number of hydrogen-bond donors (Lipinski definition) is 1. The first kappa shape index (κ1) is 18.4. The van der Waals surface area contributed by atoms with Crippen LogP contribution in [0.4, 0.5) is 10.2 Å². The normalized spacial score (nSPS) is 27.4. The molecule has 1 aromatic heterocycles. The number of benzene rings is 1. The Morgan fingerprint density at radius 2 is 1.97 bits per heavy atom. The Morgan fingerprint density at radius 3 is 2.59 bits per heavy atom. The molecular weight excluding hydrogens is 375 g/mol. The van der Waals surface area contributed by atoms with E-state index >= 15 is 0 Å². The topological polar surface area (TPSA) is 70.8 Å². The van der Waals surface area contributed by atoms with Gasteiger partial charge in [-0.25, -0.2) is 4.39 Å². The summed E-state index contributed by atoms with van der Waals surface area (Å²) >= 11 is 0. The second-order valence-electron chi connectivity index (χ2n) is 8.36. The molecule has 5 rings (SSSR count). The average molecular weight is 400 g/mol. The Balaban J connectivity index is 1.58. The number of aromatic nitrogens is 1. The van der Waals surface area contributed by atoms with E-state index in [4.69, 9.17) is 9.26 Å². The number of nitrogens with zero attached hydrogens (tertiary/aromatic N) is 3. The lowest BCUT2D eigenvalue weighted by Crippen LogP contribution is -2.39. The molecule has 154 valence electrons. The summed E-state index contributed by atoms with van der Waals surface area (Å²) in [5, 5.41) is 7.64. The Labute approximate surface area is 168 Å². The molecular formula is C21H25FN4O3. The Hall–Kier alpha value is -2.61. The second-order valence-corrected chi connectivity index (χ2v) is 8.36. The molecule has 1 amide bonds. The van der Waals surface area contributed by atoms with Crippen LogP contribution in [0.25, 0.3) is 11.3 Å². The van der Waals surface area contributed by atoms with Crippen molar-refractivity contribution in [3.8, 4) is 17.1 Å². The first-order chi connectivity index (χ1) is 14.0. The van der Waals surface area contributed by atoms with Crippen molar-refractivity contribution in [2.45, 2.75) is 24.9 Å². The van der Waals surface area contributed by atoms with Gasteiger partial charge in [-0.3, -0.25) is 4.79 Å². The standard InChI is InChI=1S/C21H25FN4O3/c1-25(2)20-18(19(29-24-20)11-4-5-14(22)17(8-11)28-3)21(27)26-15-6-7-16(26)13-10-23-9-12(13)15/h4-5,8,12-13,15-16,23H,6-7,9-10H2,1-3H3. The summed E-state index contributed by atoms with van der Waals surface area (Å²) < 4.78 is 24.6. The number of rotatable bonds is 4. The van der Waals surface area contributed by atoms with Gasteiger partial charge < -0.3 is 24.4 Å². The average Bonchev–Trinajstić information content (AvgIpc) is 3.47. The Kier molecular flexibility index (Phi) is 4.27. The van der Waals surface area contributed by atoms with Gasteiger partial charge in [0.25, 0.3) is 5.91 Å². The lowest BCUT2D eigenvalue weighted by atomic mass is 9.82. The first-order valence-corrected chi connectivity index (χ1v) is 10.1. The molecule has 0 radical (unpaired) electrons. The summed E-state index contributed by atoms with van der Waals surface area (Å²) in [5.41, 5.74) is 1.01. The molecule has 1 N–H and O–H groups in total. The minimum atomic E-state index is -0.464. The van der Waals surface area contributed by atoms with Crippen molar-refractivity contribution < 1.29 is 18.4 Å². The number of hydrogen-bond acceptors (Lipinski definition) is 6. The van der Waals surface area contributed by atoms with Crippen molar-refractivity contribution in [2.24, 2.45) is 11.8 Å². The van der Waals surface area contributed by atoms with Crippen LogP contribution in [0.3, 0.4) is 0 Å². The van der Waals surface area contributed by atoms with Crippen molar-refractivity contribution in [2.75, 3.05) is 39.2 Å². The molecule has 3 aliphatic heterocycles. The highest BCUT2D eigenvalue weighted by Crippen LogP contribution is 2.49. The fourth-order valence-corrected chi connectivity index (χ4v) is 5.48. The predicted octanol–water partition coefficient (Wildman–Crippen LogP) is 2.38. The molecule has 1 aromatic carbocycles. The van der Waals surface area contributed by atoms with Crippen molar-refractivity contribution in [3.05, 3.63) is 29.6 Å². The van der Waals surface area contributed by atoms with Gasteiger partial charge in [0.15, 0.2) is 23.1 Å². The van der Waals surface area contributed by atoms with Crippen LogP contribution >= 0.6 is 0 Å². The maximum absolute atomic E-state index is 13.9. The highest BCUT2D eigenvalue weighted by Gasteiger charge is 2.57. The number of anilines is 1. The molecule has 8 heteroatoms. The van der Waals surface area contributed by atoms with Crippen molar-refractivity contribution >= 4 is 11.7 Å². The number of fused-ring (bicyclic) bond motifs is 5. The number of carbonyl (C=O) groups is 1. The summed E-state index contributed by atoms with van der Waals surface area (Å²) in [6.45, 7) is 1.95. The van der Waals surface area contributed by atoms with Crippen LogP contribution in [0.1, 0.15) is 23.2 Å². The molecule has 0 aliphatic carbocycles. The third-order valence-corrected chi connectivity index (χ3v) is 6.73. The third-order valence-electron chi connectivity index (χ3n) is 6.73. The van der Waals surface area contributed by atoms with E-state index < -0.39 is 5.82 Å². The van der Waals surface area contributed by atoms with E-state index in [2.05, 4.69) is 15.4 Å². The van der Waals surface area contributed by atoms with Crippen LogP contribution in [0, 0.1) is 17.7 Å². The summed E-state index contributed by atoms with van der Waals surface area (Å²) in [7, 11) is 5.08. The quantitative estimate of drug-likeness (QED) is 0.850. The second kappa shape index (κ2) is 6.73. The first-order valence-electron chi connectivity index (χ1n) is 10.1. The van der Waals surface area contributed by atoms with Gasteiger partial charge in [0, 0.05) is 44.8 Å². The molecule has 4 heterocycles. The highest BCUT2D eigenvalue weighted by molar-refractivity contribution is 6.04. The van der Waals surface area contributed by atoms with Crippen molar-refractivity contribution in [1.82, 2.24) is 15.4 Å². The molecule has 29 heavy (non-hydrogen) atoms. The van der Waals surface area contributed by atoms with Crippen LogP contribution in [-0.2, 0) is 0 Å². The molecule has 7 nitrogen and oxygen atoms in total. The maximum Gasteiger partial charge on any atom is 0.262 e. The molecule has 0 spiro atoms. The maximum atomic E-state index is 13.9. The number of amides is 1. The van der Waals surface area contributed by atoms with Crippen LogP contribution in [0.15, 0.2) is 22.7 Å². The molecule has 4 atom stereocenters. The minimum absolute atomic E-state index is 0.0462. The molecule has 2 aromatic rings. The van der Waals surface area contributed by atoms with Gasteiger partial charge in [-0.05, 0) is 42.9 Å². The lowest BCUT2D eigenvalue weighted by molar-refractivity contribution is 0.0710. The van der Waals surface area contributed by atoms with Crippen LogP contribution in [-0.4, -0.2) is 62.3 Å². The SMILES string of the molecule is COc1cc(-c2onc(N(C)C)c2C(=O)N2C3CCC2C2CNCC23)ccc1F. The fourth-order valence-electron chi connectivity index (χ4n) is 5.48. The number of carbonyl (C=O) groups excluding carboxylic acids is 1. The third kappa shape index (κ3) is 2.65. The smallest absolute Gasteiger partial charge is 0.262 e. The zero-order valence-electron chi connectivity index (χ0n) is 16.8. The Bertz CT molecular complexity index is 941. The molecule has 4 unspecified atom stereocenters. The Morgan fingerprint density at radius 1 is 1.28 bits per heavy atom. The van der Waals surface area contributed by atoms with E-state index in [1.165, 1.54) is 13.2 Å². The minimum Gasteiger partial charge on any atom is -0.494 e. The largest absolute Gasteiger partial charge is 0.494 e. The highest BCUT2D eigenvalue weighted by atomic mass is 19.1. The molecule has 0 saturated carbocycles. The van der Waals surface area contributed by atoms with E-state index in [1.54, 1.807) is 17.0 Å². The van der Waals surface area contributed by atoms with Gasteiger partial charge in [-0.1, -0.05) is 5.16 Å². The lowest BCUT2D eigenvalue weighted by Gasteiger charge is -2.25. The van der Waals surface area contributed by atoms with E-state index in [0.29, 0.717) is 34.5 Å². The summed E-state index contributed by atoms with van der Waals surface area (Å²) in [4.78, 5) is 17.7. The zero-order valence-corrected chi connectivity index (χ0v) is 16.8. The summed E-state index contributed by atoms with van der Waals surface area (Å²) in [6, 6.07) is 4.96. The number of methoxy groups -OCH3 is 1. The summed E-state index contributed by atoms with van der Waals surface area (Å²) in [5.74, 6) is 1.48. The zero-order chi connectivity index (χ0) is 20.3. The number of halogens is 1. The van der Waals surface area contributed by atoms with Gasteiger partial charge >= 0.3 is 0 Å². The van der Waals surface area contributed by atoms with Crippen LogP contribution < -0.4 is 15.0 Å². The van der Waals surface area contributed by atoms with E-state index in [9.17, 15) is 9.18 Å². The van der Waals surface area contributed by atoms with Crippen molar-refractivity contribution in [3.63, 3.8) is 0 Å². The number of ether oxygens (including phenoxy) is 1. The van der Waals surface area contributed by atoms with Crippen molar-refractivity contribution in [1.29, 1.82) is 0 Å². The summed E-state index contributed by atoms with van der Waals surface area (Å²) in [6.07, 6.45) is 2.09. The number of nitrogens with one attached hydrogen (secondary N) is 1. The van der Waals surface area contributed by atoms with Gasteiger partial charge in [0.2, 0.25) is 0 Å². The molecule has 3 aliphatic rings. The predicted molar refractivity (Wildman–Crippen MR) is 106 cm³/mol. The molecule has 3 saturated heterocycles. The van der Waals surface area contributed by atoms with Crippen LogP contribution in [0.5, 0.6) is 5.75 Å². The van der Waals surface area contributed by atoms with Gasteiger partial charge in [-0.2, -0.15) is 0 Å². The van der Waals surface area contributed by atoms with Gasteiger partial charge in [-0.15, -0.1) is 0 Å². The van der Waals surface area contributed by atoms with E-state index in [-0.39, 0.29) is 23.7 Å². The van der Waals surface area contributed by atoms with Gasteiger partial charge in [0.05, 0.1) is 7.11 Å². The molecule has 3 fully saturated rings. The fraction of sp³-hybridized carbons (Fsp3) is 0.524. The van der Waals surface area contributed by atoms with Gasteiger partial charge in [0.1, 0.15) is 5.56 Å².